The van der Waals surface area contributed by atoms with Gasteiger partial charge >= 0.3 is 0 Å². The van der Waals surface area contributed by atoms with Crippen LogP contribution in [0, 0.1) is 6.92 Å². The normalized spacial score (nSPS) is 11.5. The molecule has 4 aromatic rings. The molecule has 0 aliphatic rings. The van der Waals surface area contributed by atoms with Crippen molar-refractivity contribution in [2.24, 2.45) is 0 Å². The number of ether oxygens (including phenoxy) is 1. The third-order valence-electron chi connectivity index (χ3n) is 4.99. The van der Waals surface area contributed by atoms with Gasteiger partial charge in [0.15, 0.2) is 15.0 Å². The number of anilines is 1. The van der Waals surface area contributed by atoms with Gasteiger partial charge in [-0.1, -0.05) is 35.6 Å². The summed E-state index contributed by atoms with van der Waals surface area (Å²) in [7, 11) is -1.69. The number of amides is 1. The maximum absolute atomic E-state index is 13.0. The Labute approximate surface area is 184 Å². The van der Waals surface area contributed by atoms with Gasteiger partial charge in [0.25, 0.3) is 5.91 Å². The molecule has 31 heavy (non-hydrogen) atoms. The Morgan fingerprint density at radius 1 is 1.06 bits per heavy atom. The first-order valence-corrected chi connectivity index (χ1v) is 12.1. The van der Waals surface area contributed by atoms with Crippen molar-refractivity contribution in [3.05, 3.63) is 71.8 Å². The van der Waals surface area contributed by atoms with Crippen LogP contribution >= 0.6 is 11.3 Å². The number of carbonyl (C=O) groups excluding carboxylic acids is 1. The second kappa shape index (κ2) is 8.13. The average Bonchev–Trinajstić information content (AvgIpc) is 3.14. The van der Waals surface area contributed by atoms with Gasteiger partial charge in [-0.15, -0.1) is 0 Å². The number of thiazole rings is 1. The van der Waals surface area contributed by atoms with Crippen molar-refractivity contribution in [3.63, 3.8) is 0 Å². The molecule has 0 aliphatic heterocycles. The lowest BCUT2D eigenvalue weighted by molar-refractivity contribution is 0.102. The summed E-state index contributed by atoms with van der Waals surface area (Å²) in [5.41, 5.74) is 3.98. The van der Waals surface area contributed by atoms with Gasteiger partial charge in [-0.2, -0.15) is 0 Å². The molecule has 0 radical (unpaired) electrons. The van der Waals surface area contributed by atoms with Crippen LogP contribution in [0.1, 0.15) is 15.9 Å². The van der Waals surface area contributed by atoms with Crippen LogP contribution in [0.25, 0.3) is 21.3 Å². The van der Waals surface area contributed by atoms with Gasteiger partial charge in [0, 0.05) is 11.8 Å². The second-order valence-corrected chi connectivity index (χ2v) is 10.1. The molecule has 0 atom stereocenters. The number of hydrogen-bond acceptors (Lipinski definition) is 6. The van der Waals surface area contributed by atoms with E-state index in [4.69, 9.17) is 4.74 Å². The minimum Gasteiger partial charge on any atom is -0.497 e. The van der Waals surface area contributed by atoms with E-state index >= 15 is 0 Å². The molecule has 0 aliphatic carbocycles. The molecule has 6 nitrogen and oxygen atoms in total. The number of sulfone groups is 1. The summed E-state index contributed by atoms with van der Waals surface area (Å²) in [5.74, 6) is 0.500. The lowest BCUT2D eigenvalue weighted by Crippen LogP contribution is -2.13. The number of rotatable bonds is 5. The van der Waals surface area contributed by atoms with E-state index in [1.807, 2.05) is 43.3 Å². The molecule has 0 fully saturated rings. The van der Waals surface area contributed by atoms with Crippen LogP contribution in [0.3, 0.4) is 0 Å². The van der Waals surface area contributed by atoms with E-state index in [0.717, 1.165) is 28.7 Å². The van der Waals surface area contributed by atoms with E-state index in [1.165, 1.54) is 17.4 Å². The van der Waals surface area contributed by atoms with Crippen LogP contribution in [0.2, 0.25) is 0 Å². The smallest absolute Gasteiger partial charge is 0.257 e. The number of carbonyl (C=O) groups is 1. The van der Waals surface area contributed by atoms with Crippen molar-refractivity contribution in [1.82, 2.24) is 4.98 Å². The molecule has 8 heteroatoms. The molecular formula is C23H20N2O4S2. The Hall–Kier alpha value is -3.23. The molecule has 4 rings (SSSR count). The highest BCUT2D eigenvalue weighted by molar-refractivity contribution is 7.90. The van der Waals surface area contributed by atoms with Gasteiger partial charge in [0.1, 0.15) is 5.75 Å². The lowest BCUT2D eigenvalue weighted by Gasteiger charge is -2.11. The van der Waals surface area contributed by atoms with Crippen molar-refractivity contribution in [2.45, 2.75) is 11.8 Å². The second-order valence-electron chi connectivity index (χ2n) is 7.08. The largest absolute Gasteiger partial charge is 0.497 e. The number of nitrogens with one attached hydrogen (secondary N) is 1. The minimum atomic E-state index is -3.31. The fraction of sp³-hybridized carbons (Fsp3) is 0.130. The third kappa shape index (κ3) is 4.30. The van der Waals surface area contributed by atoms with Gasteiger partial charge in [-0.05, 0) is 60.0 Å². The molecule has 0 unspecified atom stereocenters. The molecule has 0 bridgehead atoms. The monoisotopic (exact) mass is 452 g/mol. The quantitative estimate of drug-likeness (QED) is 0.464. The van der Waals surface area contributed by atoms with Crippen LogP contribution in [0.5, 0.6) is 5.75 Å². The van der Waals surface area contributed by atoms with Crippen LogP contribution in [0.4, 0.5) is 5.13 Å². The molecule has 3 aromatic carbocycles. The molecule has 1 heterocycles. The van der Waals surface area contributed by atoms with E-state index in [2.05, 4.69) is 10.3 Å². The van der Waals surface area contributed by atoms with Crippen molar-refractivity contribution < 1.29 is 17.9 Å². The predicted molar refractivity (Wildman–Crippen MR) is 124 cm³/mol. The first-order valence-electron chi connectivity index (χ1n) is 9.42. The third-order valence-corrected chi connectivity index (χ3v) is 7.03. The van der Waals surface area contributed by atoms with Crippen molar-refractivity contribution in [3.8, 4) is 16.9 Å². The molecule has 1 amide bonds. The van der Waals surface area contributed by atoms with E-state index in [-0.39, 0.29) is 10.8 Å². The van der Waals surface area contributed by atoms with Gasteiger partial charge in [-0.25, -0.2) is 13.4 Å². The van der Waals surface area contributed by atoms with E-state index in [0.29, 0.717) is 20.9 Å². The Morgan fingerprint density at radius 3 is 2.48 bits per heavy atom. The molecule has 1 aromatic heterocycles. The number of nitrogens with zero attached hydrogens (tertiary/aromatic N) is 1. The molecule has 0 saturated carbocycles. The van der Waals surface area contributed by atoms with Gasteiger partial charge in [-0.3, -0.25) is 10.1 Å². The predicted octanol–water partition coefficient (Wildman–Crippen LogP) is 4.94. The zero-order valence-electron chi connectivity index (χ0n) is 17.2. The molecular weight excluding hydrogens is 432 g/mol. The highest BCUT2D eigenvalue weighted by Crippen LogP contribution is 2.30. The lowest BCUT2D eigenvalue weighted by atomic mass is 9.96. The SMILES string of the molecule is COc1ccc(-c2cccc(C(=O)Nc3nc4ccc(S(C)(=O)=O)cc4s3)c2C)cc1. The zero-order chi connectivity index (χ0) is 22.2. The standard InChI is InChI=1S/C23H20N2O4S2/c1-14-18(15-7-9-16(29-2)10-8-15)5-4-6-19(14)22(26)25-23-24-20-12-11-17(31(3,27)28)13-21(20)30-23/h4-13H,1-3H3,(H,24,25,26). The van der Waals surface area contributed by atoms with Crippen molar-refractivity contribution in [2.75, 3.05) is 18.7 Å². The van der Waals surface area contributed by atoms with Crippen LogP contribution < -0.4 is 10.1 Å². The highest BCUT2D eigenvalue weighted by atomic mass is 32.2. The molecule has 0 saturated heterocycles. The number of hydrogen-bond donors (Lipinski definition) is 1. The summed E-state index contributed by atoms with van der Waals surface area (Å²) in [4.78, 5) is 17.6. The fourth-order valence-corrected chi connectivity index (χ4v) is 4.94. The summed E-state index contributed by atoms with van der Waals surface area (Å²) in [5, 5.41) is 3.26. The summed E-state index contributed by atoms with van der Waals surface area (Å²) < 4.78 is 29.5. The fourth-order valence-electron chi connectivity index (χ4n) is 3.32. The Balaban J connectivity index is 1.63. The molecule has 1 N–H and O–H groups in total. The van der Waals surface area contributed by atoms with Crippen molar-refractivity contribution in [1.29, 1.82) is 0 Å². The number of aromatic nitrogens is 1. The van der Waals surface area contributed by atoms with Gasteiger partial charge < -0.3 is 4.74 Å². The van der Waals surface area contributed by atoms with E-state index in [1.54, 1.807) is 25.3 Å². The summed E-state index contributed by atoms with van der Waals surface area (Å²) >= 11 is 1.24. The van der Waals surface area contributed by atoms with Gasteiger partial charge in [0.2, 0.25) is 0 Å². The van der Waals surface area contributed by atoms with Crippen LogP contribution in [0.15, 0.2) is 65.6 Å². The number of fused-ring (bicyclic) bond motifs is 1. The van der Waals surface area contributed by atoms with Gasteiger partial charge in [0.05, 0.1) is 22.2 Å². The molecule has 0 spiro atoms. The Morgan fingerprint density at radius 2 is 1.81 bits per heavy atom. The topological polar surface area (TPSA) is 85.4 Å². The Kier molecular flexibility index (Phi) is 5.51. The van der Waals surface area contributed by atoms with Crippen LogP contribution in [-0.4, -0.2) is 32.7 Å². The van der Waals surface area contributed by atoms with E-state index < -0.39 is 9.84 Å². The minimum absolute atomic E-state index is 0.226. The van der Waals surface area contributed by atoms with Crippen LogP contribution in [-0.2, 0) is 9.84 Å². The maximum Gasteiger partial charge on any atom is 0.257 e. The number of methoxy groups -OCH3 is 1. The first-order chi connectivity index (χ1) is 14.8. The van der Waals surface area contributed by atoms with E-state index in [9.17, 15) is 13.2 Å². The highest BCUT2D eigenvalue weighted by Gasteiger charge is 2.16. The summed E-state index contributed by atoms with van der Waals surface area (Å²) in [6.07, 6.45) is 1.16. The average molecular weight is 453 g/mol. The van der Waals surface area contributed by atoms with Crippen molar-refractivity contribution >= 4 is 42.4 Å². The zero-order valence-corrected chi connectivity index (χ0v) is 18.8. The summed E-state index contributed by atoms with van der Waals surface area (Å²) in [6.45, 7) is 1.91. The summed E-state index contributed by atoms with van der Waals surface area (Å²) in [6, 6.07) is 18.0. The Bertz CT molecular complexity index is 1390. The first kappa shape index (κ1) is 21.0. The maximum atomic E-state index is 13.0. The number of benzene rings is 3. The molecule has 158 valence electrons.